The second-order valence-electron chi connectivity index (χ2n) is 6.39. The van der Waals surface area contributed by atoms with Crippen LogP contribution in [-0.2, 0) is 17.6 Å². The Hall–Kier alpha value is -2.50. The van der Waals surface area contributed by atoms with Gasteiger partial charge in [-0.2, -0.15) is 8.78 Å². The van der Waals surface area contributed by atoms with E-state index in [1.807, 2.05) is 6.07 Å². The fourth-order valence-electron chi connectivity index (χ4n) is 3.63. The number of methoxy groups -OCH3 is 1. The Labute approximate surface area is 151 Å². The molecule has 3 rings (SSSR count). The number of pyridine rings is 1. The highest BCUT2D eigenvalue weighted by molar-refractivity contribution is 5.90. The topological polar surface area (TPSA) is 48.4 Å². The van der Waals surface area contributed by atoms with E-state index < -0.39 is 6.61 Å². The van der Waals surface area contributed by atoms with Crippen LogP contribution in [0.3, 0.4) is 0 Å². The third-order valence-electron chi connectivity index (χ3n) is 4.85. The molecule has 1 heterocycles. The van der Waals surface area contributed by atoms with Gasteiger partial charge in [-0.15, -0.1) is 0 Å². The third kappa shape index (κ3) is 4.18. The van der Waals surface area contributed by atoms with Gasteiger partial charge >= 0.3 is 12.6 Å². The monoisotopic (exact) mass is 361 g/mol. The Balaban J connectivity index is 1.74. The fraction of sp³-hybridized carbons (Fsp3) is 0.400. The van der Waals surface area contributed by atoms with Crippen molar-refractivity contribution in [3.05, 3.63) is 58.9 Å². The Bertz CT molecular complexity index is 779. The van der Waals surface area contributed by atoms with E-state index in [1.165, 1.54) is 12.7 Å². The van der Waals surface area contributed by atoms with Gasteiger partial charge in [-0.25, -0.2) is 4.79 Å². The van der Waals surface area contributed by atoms with E-state index in [0.717, 1.165) is 36.8 Å². The molecular weight excluding hydrogens is 340 g/mol. The number of ether oxygens (including phenoxy) is 2. The van der Waals surface area contributed by atoms with Crippen molar-refractivity contribution in [3.63, 3.8) is 0 Å². The average Bonchev–Trinajstić information content (AvgIpc) is 2.65. The maximum absolute atomic E-state index is 12.4. The normalized spacial score (nSPS) is 16.2. The summed E-state index contributed by atoms with van der Waals surface area (Å²) in [6, 6.07) is 6.89. The first-order valence-corrected chi connectivity index (χ1v) is 8.67. The van der Waals surface area contributed by atoms with Crippen molar-refractivity contribution in [2.45, 2.75) is 44.6 Å². The summed E-state index contributed by atoms with van der Waals surface area (Å²) in [5.74, 6) is 0.171. The molecule has 0 radical (unpaired) electrons. The molecular formula is C20H21F2NO3. The van der Waals surface area contributed by atoms with Gasteiger partial charge in [0.25, 0.3) is 0 Å². The molecule has 0 unspecified atom stereocenters. The minimum Gasteiger partial charge on any atom is -0.465 e. The minimum absolute atomic E-state index is 0.208. The average molecular weight is 361 g/mol. The highest BCUT2D eigenvalue weighted by Crippen LogP contribution is 2.37. The van der Waals surface area contributed by atoms with Crippen molar-refractivity contribution in [2.24, 2.45) is 0 Å². The van der Waals surface area contributed by atoms with E-state index in [0.29, 0.717) is 17.9 Å². The van der Waals surface area contributed by atoms with Crippen LogP contribution in [0.4, 0.5) is 8.78 Å². The Morgan fingerprint density at radius 3 is 2.96 bits per heavy atom. The number of aromatic nitrogens is 1. The molecule has 6 heteroatoms. The minimum atomic E-state index is -2.81. The summed E-state index contributed by atoms with van der Waals surface area (Å²) in [7, 11) is 1.36. The first-order chi connectivity index (χ1) is 12.6. The van der Waals surface area contributed by atoms with Crippen LogP contribution in [0.2, 0.25) is 0 Å². The molecule has 0 spiro atoms. The molecule has 1 aliphatic carbocycles. The van der Waals surface area contributed by atoms with Crippen molar-refractivity contribution in [1.29, 1.82) is 0 Å². The number of carbonyl (C=O) groups is 1. The van der Waals surface area contributed by atoms with E-state index in [2.05, 4.69) is 9.72 Å². The molecule has 0 saturated carbocycles. The molecule has 0 bridgehead atoms. The number of alkyl halides is 2. The van der Waals surface area contributed by atoms with Gasteiger partial charge in [-0.1, -0.05) is 6.07 Å². The van der Waals surface area contributed by atoms with Gasteiger partial charge in [-0.05, 0) is 72.9 Å². The SMILES string of the molecule is COC(=O)c1ccncc1CC[C@@H]1CCCc2cc(OC(F)F)ccc21. The third-order valence-corrected chi connectivity index (χ3v) is 4.85. The summed E-state index contributed by atoms with van der Waals surface area (Å²) in [4.78, 5) is 16.0. The quantitative estimate of drug-likeness (QED) is 0.710. The Morgan fingerprint density at radius 2 is 2.19 bits per heavy atom. The zero-order valence-corrected chi connectivity index (χ0v) is 14.6. The molecule has 0 amide bonds. The van der Waals surface area contributed by atoms with Crippen molar-refractivity contribution < 1.29 is 23.0 Å². The number of hydrogen-bond acceptors (Lipinski definition) is 4. The molecule has 4 nitrogen and oxygen atoms in total. The molecule has 2 aromatic rings. The molecule has 1 aromatic carbocycles. The van der Waals surface area contributed by atoms with Gasteiger partial charge in [0.1, 0.15) is 5.75 Å². The second-order valence-corrected chi connectivity index (χ2v) is 6.39. The van der Waals surface area contributed by atoms with Gasteiger partial charge in [0, 0.05) is 12.4 Å². The van der Waals surface area contributed by atoms with Crippen molar-refractivity contribution >= 4 is 5.97 Å². The van der Waals surface area contributed by atoms with E-state index in [9.17, 15) is 13.6 Å². The predicted molar refractivity (Wildman–Crippen MR) is 92.7 cm³/mol. The maximum atomic E-state index is 12.4. The summed E-state index contributed by atoms with van der Waals surface area (Å²) in [5, 5.41) is 0. The van der Waals surface area contributed by atoms with Gasteiger partial charge in [0.2, 0.25) is 0 Å². The summed E-state index contributed by atoms with van der Waals surface area (Å²) < 4.78 is 34.1. The largest absolute Gasteiger partial charge is 0.465 e. The molecule has 1 aromatic heterocycles. The summed E-state index contributed by atoms with van der Waals surface area (Å²) in [6.07, 6.45) is 7.76. The Morgan fingerprint density at radius 1 is 1.35 bits per heavy atom. The van der Waals surface area contributed by atoms with Gasteiger partial charge < -0.3 is 9.47 Å². The number of halogens is 2. The molecule has 0 fully saturated rings. The number of rotatable bonds is 6. The standard InChI is InChI=1S/C20H21F2NO3/c1-25-19(24)18-9-10-23-12-15(18)6-5-13-3-2-4-14-11-16(26-20(21)22)7-8-17(13)14/h7-13,20H,2-6H2,1H3/t13-/m0/s1. The predicted octanol–water partition coefficient (Wildman–Crippen LogP) is 4.52. The molecule has 138 valence electrons. The Kier molecular flexibility index (Phi) is 5.81. The number of aryl methyl sites for hydroxylation is 2. The van der Waals surface area contributed by atoms with Gasteiger partial charge in [0.15, 0.2) is 0 Å². The summed E-state index contributed by atoms with van der Waals surface area (Å²) >= 11 is 0. The molecule has 1 atom stereocenters. The summed E-state index contributed by atoms with van der Waals surface area (Å²) in [6.45, 7) is -2.81. The number of carbonyl (C=O) groups excluding carboxylic acids is 1. The highest BCUT2D eigenvalue weighted by atomic mass is 19.3. The lowest BCUT2D eigenvalue weighted by molar-refractivity contribution is -0.0499. The van der Waals surface area contributed by atoms with Crippen LogP contribution >= 0.6 is 0 Å². The summed E-state index contributed by atoms with van der Waals surface area (Å²) in [5.41, 5.74) is 3.66. The molecule has 0 aliphatic heterocycles. The van der Waals surface area contributed by atoms with E-state index in [4.69, 9.17) is 4.74 Å². The van der Waals surface area contributed by atoms with Crippen LogP contribution < -0.4 is 4.74 Å². The molecule has 0 N–H and O–H groups in total. The zero-order valence-electron chi connectivity index (χ0n) is 14.6. The number of esters is 1. The van der Waals surface area contributed by atoms with Crippen LogP contribution in [-0.4, -0.2) is 24.7 Å². The van der Waals surface area contributed by atoms with E-state index in [1.54, 1.807) is 30.6 Å². The fourth-order valence-corrected chi connectivity index (χ4v) is 3.63. The number of nitrogens with zero attached hydrogens (tertiary/aromatic N) is 1. The molecule has 0 saturated heterocycles. The van der Waals surface area contributed by atoms with Crippen molar-refractivity contribution in [1.82, 2.24) is 4.98 Å². The van der Waals surface area contributed by atoms with Gasteiger partial charge in [0.05, 0.1) is 12.7 Å². The smallest absolute Gasteiger partial charge is 0.387 e. The lowest BCUT2D eigenvalue weighted by atomic mass is 9.79. The first-order valence-electron chi connectivity index (χ1n) is 8.67. The maximum Gasteiger partial charge on any atom is 0.387 e. The zero-order chi connectivity index (χ0) is 18.5. The van der Waals surface area contributed by atoms with Crippen molar-refractivity contribution in [3.8, 4) is 5.75 Å². The number of benzene rings is 1. The lowest BCUT2D eigenvalue weighted by Gasteiger charge is -2.26. The molecule has 1 aliphatic rings. The van der Waals surface area contributed by atoms with Crippen LogP contribution in [0, 0.1) is 0 Å². The van der Waals surface area contributed by atoms with Crippen LogP contribution in [0.25, 0.3) is 0 Å². The lowest BCUT2D eigenvalue weighted by Crippen LogP contribution is -2.13. The van der Waals surface area contributed by atoms with Crippen LogP contribution in [0.15, 0.2) is 36.7 Å². The van der Waals surface area contributed by atoms with E-state index in [-0.39, 0.29) is 11.7 Å². The van der Waals surface area contributed by atoms with E-state index >= 15 is 0 Å². The number of hydrogen-bond donors (Lipinski definition) is 0. The number of fused-ring (bicyclic) bond motifs is 1. The van der Waals surface area contributed by atoms with Gasteiger partial charge in [-0.3, -0.25) is 4.98 Å². The molecule has 26 heavy (non-hydrogen) atoms. The van der Waals surface area contributed by atoms with Crippen LogP contribution in [0.5, 0.6) is 5.75 Å². The van der Waals surface area contributed by atoms with Crippen LogP contribution in [0.1, 0.15) is 52.2 Å². The second kappa shape index (κ2) is 8.25. The first kappa shape index (κ1) is 18.3. The highest BCUT2D eigenvalue weighted by Gasteiger charge is 2.22. The van der Waals surface area contributed by atoms with Crippen molar-refractivity contribution in [2.75, 3.05) is 7.11 Å².